The minimum absolute atomic E-state index is 0.793. The fourth-order valence-electron chi connectivity index (χ4n) is 3.11. The number of hydrogen-bond acceptors (Lipinski definition) is 5. The van der Waals surface area contributed by atoms with Gasteiger partial charge in [-0.1, -0.05) is 29.5 Å². The van der Waals surface area contributed by atoms with E-state index >= 15 is 0 Å². The molecule has 4 rings (SSSR count). The third-order valence-corrected chi connectivity index (χ3v) is 5.82. The first-order valence-electron chi connectivity index (χ1n) is 8.15. The number of anilines is 1. The maximum atomic E-state index is 5.65. The minimum atomic E-state index is 0.793. The summed E-state index contributed by atoms with van der Waals surface area (Å²) < 4.78 is 3.97. The number of thiazole rings is 1. The standard InChI is InChI=1S/C17H19N5S2/c1-12-18-15(21-10-8-20(2)9-11-21)14-16(19-12)22(17(23)24-14)13-6-4-3-5-7-13/h3-7H,8-11H2,1-2H3/p+1. The molecule has 1 aliphatic rings. The predicted octanol–water partition coefficient (Wildman–Crippen LogP) is 1.85. The van der Waals surface area contributed by atoms with Crippen LogP contribution >= 0.6 is 23.6 Å². The number of aromatic nitrogens is 3. The maximum absolute atomic E-state index is 5.65. The van der Waals surface area contributed by atoms with Crippen LogP contribution in [0.15, 0.2) is 30.3 Å². The van der Waals surface area contributed by atoms with E-state index < -0.39 is 0 Å². The van der Waals surface area contributed by atoms with Crippen molar-refractivity contribution in [2.24, 2.45) is 0 Å². The maximum Gasteiger partial charge on any atom is 0.168 e. The molecule has 0 aliphatic carbocycles. The second-order valence-corrected chi connectivity index (χ2v) is 7.87. The van der Waals surface area contributed by atoms with Crippen molar-refractivity contribution in [1.29, 1.82) is 0 Å². The van der Waals surface area contributed by atoms with Crippen molar-refractivity contribution in [3.8, 4) is 5.69 Å². The third kappa shape index (κ3) is 2.72. The average molecular weight is 359 g/mol. The average Bonchev–Trinajstić information content (AvgIpc) is 2.91. The number of rotatable bonds is 2. The molecule has 24 heavy (non-hydrogen) atoms. The van der Waals surface area contributed by atoms with Gasteiger partial charge in [0.1, 0.15) is 10.5 Å². The topological polar surface area (TPSA) is 38.4 Å². The van der Waals surface area contributed by atoms with Gasteiger partial charge in [-0.15, -0.1) is 0 Å². The van der Waals surface area contributed by atoms with E-state index in [2.05, 4.69) is 28.6 Å². The number of piperazine rings is 1. The van der Waals surface area contributed by atoms with Crippen LogP contribution in [0, 0.1) is 10.9 Å². The van der Waals surface area contributed by atoms with Gasteiger partial charge >= 0.3 is 0 Å². The zero-order chi connectivity index (χ0) is 16.7. The van der Waals surface area contributed by atoms with E-state index in [4.69, 9.17) is 22.2 Å². The van der Waals surface area contributed by atoms with E-state index in [1.807, 2.05) is 25.1 Å². The van der Waals surface area contributed by atoms with Crippen LogP contribution in [0.3, 0.4) is 0 Å². The highest BCUT2D eigenvalue weighted by Crippen LogP contribution is 2.32. The molecule has 2 aromatic heterocycles. The van der Waals surface area contributed by atoms with Crippen LogP contribution in [0.25, 0.3) is 16.0 Å². The molecule has 1 aliphatic heterocycles. The summed E-state index contributed by atoms with van der Waals surface area (Å²) in [4.78, 5) is 13.4. The van der Waals surface area contributed by atoms with Crippen molar-refractivity contribution in [2.45, 2.75) is 6.92 Å². The molecular formula is C17H20N5S2+. The van der Waals surface area contributed by atoms with Gasteiger partial charge in [-0.05, 0) is 31.3 Å². The van der Waals surface area contributed by atoms with Crippen LogP contribution in [-0.4, -0.2) is 47.8 Å². The molecule has 0 spiro atoms. The van der Waals surface area contributed by atoms with E-state index in [1.165, 1.54) is 0 Å². The molecule has 1 N–H and O–H groups in total. The molecule has 5 nitrogen and oxygen atoms in total. The van der Waals surface area contributed by atoms with Crippen LogP contribution in [0.1, 0.15) is 5.82 Å². The normalized spacial score (nSPS) is 16.0. The molecule has 3 aromatic rings. The number of likely N-dealkylation sites (N-methyl/N-ethyl adjacent to an activating group) is 1. The van der Waals surface area contributed by atoms with Crippen LogP contribution in [0.2, 0.25) is 0 Å². The van der Waals surface area contributed by atoms with Gasteiger partial charge < -0.3 is 9.80 Å². The summed E-state index contributed by atoms with van der Waals surface area (Å²) in [5, 5.41) is 0. The zero-order valence-corrected chi connectivity index (χ0v) is 15.5. The summed E-state index contributed by atoms with van der Waals surface area (Å²) in [5.41, 5.74) is 1.98. The van der Waals surface area contributed by atoms with Gasteiger partial charge in [-0.25, -0.2) is 9.97 Å². The molecule has 0 saturated carbocycles. The third-order valence-electron chi connectivity index (χ3n) is 4.46. The molecule has 0 radical (unpaired) electrons. The van der Waals surface area contributed by atoms with E-state index in [0.717, 1.165) is 57.8 Å². The summed E-state index contributed by atoms with van der Waals surface area (Å²) in [7, 11) is 2.24. The number of hydrogen-bond donors (Lipinski definition) is 1. The van der Waals surface area contributed by atoms with Crippen molar-refractivity contribution in [3.63, 3.8) is 0 Å². The highest BCUT2D eigenvalue weighted by atomic mass is 32.1. The summed E-state index contributed by atoms with van der Waals surface area (Å²) in [6, 6.07) is 10.2. The Morgan fingerprint density at radius 2 is 1.83 bits per heavy atom. The molecule has 124 valence electrons. The Kier molecular flexibility index (Phi) is 4.07. The van der Waals surface area contributed by atoms with Gasteiger partial charge in [-0.3, -0.25) is 4.57 Å². The summed E-state index contributed by atoms with van der Waals surface area (Å²) in [6.45, 7) is 6.27. The van der Waals surface area contributed by atoms with E-state index in [9.17, 15) is 0 Å². The number of nitrogens with zero attached hydrogens (tertiary/aromatic N) is 4. The van der Waals surface area contributed by atoms with Crippen LogP contribution in [0.5, 0.6) is 0 Å². The van der Waals surface area contributed by atoms with E-state index in [-0.39, 0.29) is 0 Å². The molecule has 0 atom stereocenters. The second-order valence-electron chi connectivity index (χ2n) is 6.23. The number of nitrogens with one attached hydrogen (secondary N) is 1. The lowest BCUT2D eigenvalue weighted by atomic mass is 10.3. The summed E-state index contributed by atoms with van der Waals surface area (Å²) in [6.07, 6.45) is 0. The number of fused-ring (bicyclic) bond motifs is 1. The van der Waals surface area contributed by atoms with Gasteiger partial charge in [0, 0.05) is 5.69 Å². The van der Waals surface area contributed by atoms with Crippen molar-refractivity contribution in [3.05, 3.63) is 40.1 Å². The first-order valence-corrected chi connectivity index (χ1v) is 9.38. The molecule has 1 fully saturated rings. The predicted molar refractivity (Wildman–Crippen MR) is 101 cm³/mol. The molecular weight excluding hydrogens is 338 g/mol. The molecule has 0 unspecified atom stereocenters. The lowest BCUT2D eigenvalue weighted by Gasteiger charge is -2.31. The van der Waals surface area contributed by atoms with Crippen molar-refractivity contribution in [1.82, 2.24) is 14.5 Å². The molecule has 7 heteroatoms. The quantitative estimate of drug-likeness (QED) is 0.710. The fourth-order valence-corrected chi connectivity index (χ4v) is 4.51. The Morgan fingerprint density at radius 1 is 1.12 bits per heavy atom. The molecule has 1 saturated heterocycles. The van der Waals surface area contributed by atoms with E-state index in [1.54, 1.807) is 16.2 Å². The SMILES string of the molecule is Cc1nc(N2CC[NH+](C)CC2)c2sc(=S)n(-c3ccccc3)c2n1. The van der Waals surface area contributed by atoms with Gasteiger partial charge in [0.2, 0.25) is 0 Å². The van der Waals surface area contributed by atoms with E-state index in [0.29, 0.717) is 0 Å². The van der Waals surface area contributed by atoms with Crippen molar-refractivity contribution in [2.75, 3.05) is 38.1 Å². The Hall–Kier alpha value is -1.83. The molecule has 0 amide bonds. The molecule has 3 heterocycles. The van der Waals surface area contributed by atoms with Gasteiger partial charge in [-0.2, -0.15) is 0 Å². The second kappa shape index (κ2) is 6.23. The fraction of sp³-hybridized carbons (Fsp3) is 0.353. The largest absolute Gasteiger partial charge is 0.344 e. The van der Waals surface area contributed by atoms with Gasteiger partial charge in [0.25, 0.3) is 0 Å². The van der Waals surface area contributed by atoms with Crippen LogP contribution < -0.4 is 9.80 Å². The van der Waals surface area contributed by atoms with Crippen LogP contribution in [-0.2, 0) is 0 Å². The smallest absolute Gasteiger partial charge is 0.168 e. The monoisotopic (exact) mass is 358 g/mol. The van der Waals surface area contributed by atoms with Crippen LogP contribution in [0.4, 0.5) is 5.82 Å². The number of quaternary nitrogens is 1. The number of benzene rings is 1. The molecule has 0 bridgehead atoms. The Bertz CT molecular complexity index is 923. The van der Waals surface area contributed by atoms with Crippen molar-refractivity contribution >= 4 is 39.7 Å². The minimum Gasteiger partial charge on any atom is -0.344 e. The molecule has 1 aromatic carbocycles. The van der Waals surface area contributed by atoms with Crippen molar-refractivity contribution < 1.29 is 4.90 Å². The van der Waals surface area contributed by atoms with Gasteiger partial charge in [0.15, 0.2) is 15.4 Å². The number of para-hydroxylation sites is 1. The summed E-state index contributed by atoms with van der Waals surface area (Å²) >= 11 is 7.26. The lowest BCUT2D eigenvalue weighted by Crippen LogP contribution is -3.12. The van der Waals surface area contributed by atoms with Gasteiger partial charge in [0.05, 0.1) is 33.2 Å². The lowest BCUT2D eigenvalue weighted by molar-refractivity contribution is -0.880. The highest BCUT2D eigenvalue weighted by Gasteiger charge is 2.23. The Labute approximate surface area is 150 Å². The first kappa shape index (κ1) is 15.7. The number of aryl methyl sites for hydroxylation is 1. The first-order chi connectivity index (χ1) is 11.6. The zero-order valence-electron chi connectivity index (χ0n) is 13.8. The highest BCUT2D eigenvalue weighted by molar-refractivity contribution is 7.73. The Balaban J connectivity index is 1.90. The Morgan fingerprint density at radius 3 is 2.54 bits per heavy atom. The summed E-state index contributed by atoms with van der Waals surface area (Å²) in [5.74, 6) is 1.83.